The van der Waals surface area contributed by atoms with E-state index < -0.39 is 17.8 Å². The molecule has 1 spiro atoms. The molecule has 0 saturated carbocycles. The summed E-state index contributed by atoms with van der Waals surface area (Å²) in [6.45, 7) is 3.82. The fraction of sp³-hybridized carbons (Fsp3) is 0.438. The fourth-order valence-electron chi connectivity index (χ4n) is 2.79. The van der Waals surface area contributed by atoms with Crippen LogP contribution in [0.3, 0.4) is 0 Å². The van der Waals surface area contributed by atoms with E-state index in [1.165, 1.54) is 0 Å². The number of hydrogen-bond donors (Lipinski definition) is 0. The number of nitrogens with zero attached hydrogens (tertiary/aromatic N) is 3. The number of likely N-dealkylation sites (N-methyl/N-ethyl adjacent to an activating group) is 1. The van der Waals surface area contributed by atoms with E-state index in [0.29, 0.717) is 31.1 Å². The van der Waals surface area contributed by atoms with Gasteiger partial charge in [0, 0.05) is 31.3 Å². The van der Waals surface area contributed by atoms with Gasteiger partial charge < -0.3 is 14.2 Å². The summed E-state index contributed by atoms with van der Waals surface area (Å²) in [4.78, 5) is 31.7. The summed E-state index contributed by atoms with van der Waals surface area (Å²) in [5.74, 6) is -2.20. The van der Waals surface area contributed by atoms with Gasteiger partial charge in [-0.2, -0.15) is 0 Å². The van der Waals surface area contributed by atoms with Gasteiger partial charge in [0.1, 0.15) is 5.75 Å². The van der Waals surface area contributed by atoms with Gasteiger partial charge in [0.05, 0.1) is 31.2 Å². The topological polar surface area (TPSA) is 81.2 Å². The number of carbonyl (C=O) groups excluding carboxylic acids is 2. The molecule has 8 heteroatoms. The first-order chi connectivity index (χ1) is 11.5. The van der Waals surface area contributed by atoms with Gasteiger partial charge in [-0.1, -0.05) is 0 Å². The Hall–Kier alpha value is -2.61. The van der Waals surface area contributed by atoms with Crippen LogP contribution >= 0.6 is 0 Å². The van der Waals surface area contributed by atoms with E-state index in [4.69, 9.17) is 14.2 Å². The van der Waals surface area contributed by atoms with Crippen LogP contribution in [0, 0.1) is 0 Å². The molecule has 0 aromatic carbocycles. The van der Waals surface area contributed by atoms with E-state index in [2.05, 4.69) is 4.98 Å². The summed E-state index contributed by atoms with van der Waals surface area (Å²) < 4.78 is 16.5. The zero-order valence-electron chi connectivity index (χ0n) is 13.6. The van der Waals surface area contributed by atoms with Crippen LogP contribution in [0.1, 0.15) is 6.92 Å². The normalized spacial score (nSPS) is 20.5. The zero-order valence-corrected chi connectivity index (χ0v) is 13.6. The highest BCUT2D eigenvalue weighted by Crippen LogP contribution is 2.33. The van der Waals surface area contributed by atoms with E-state index in [9.17, 15) is 9.59 Å². The maximum Gasteiger partial charge on any atom is 0.356 e. The number of piperazine rings is 1. The molecule has 1 aromatic rings. The van der Waals surface area contributed by atoms with Crippen molar-refractivity contribution >= 4 is 17.6 Å². The van der Waals surface area contributed by atoms with E-state index >= 15 is 0 Å². The molecule has 24 heavy (non-hydrogen) atoms. The molecule has 0 N–H and O–H groups in total. The van der Waals surface area contributed by atoms with Crippen molar-refractivity contribution in [2.75, 3.05) is 38.2 Å². The van der Waals surface area contributed by atoms with Crippen molar-refractivity contribution in [1.82, 2.24) is 9.88 Å². The molecular formula is C16H19N3O5. The SMILES string of the molecule is CCOc1cncc(N2CCN(C)CC23OC(=O)C=CC(=O)O3)c1. The van der Waals surface area contributed by atoms with Crippen LogP contribution < -0.4 is 9.64 Å². The second-order valence-corrected chi connectivity index (χ2v) is 5.59. The fourth-order valence-corrected chi connectivity index (χ4v) is 2.79. The molecule has 2 aliphatic heterocycles. The van der Waals surface area contributed by atoms with Gasteiger partial charge in [0.25, 0.3) is 0 Å². The van der Waals surface area contributed by atoms with Crippen molar-refractivity contribution in [1.29, 1.82) is 0 Å². The maximum absolute atomic E-state index is 11.9. The molecule has 0 unspecified atom stereocenters. The number of rotatable bonds is 3. The summed E-state index contributed by atoms with van der Waals surface area (Å²) in [6, 6.07) is 1.78. The van der Waals surface area contributed by atoms with Crippen molar-refractivity contribution in [2.24, 2.45) is 0 Å². The monoisotopic (exact) mass is 333 g/mol. The molecule has 3 heterocycles. The van der Waals surface area contributed by atoms with Gasteiger partial charge in [-0.15, -0.1) is 0 Å². The summed E-state index contributed by atoms with van der Waals surface area (Å²) in [7, 11) is 1.87. The van der Waals surface area contributed by atoms with Gasteiger partial charge in [-0.25, -0.2) is 9.59 Å². The number of pyridine rings is 1. The Morgan fingerprint density at radius 3 is 2.58 bits per heavy atom. The largest absolute Gasteiger partial charge is 0.492 e. The highest BCUT2D eigenvalue weighted by atomic mass is 16.8. The van der Waals surface area contributed by atoms with Crippen LogP contribution in [-0.2, 0) is 19.1 Å². The van der Waals surface area contributed by atoms with Crippen LogP contribution in [0.25, 0.3) is 0 Å². The molecule has 1 fully saturated rings. The molecule has 8 nitrogen and oxygen atoms in total. The second-order valence-electron chi connectivity index (χ2n) is 5.59. The van der Waals surface area contributed by atoms with Crippen LogP contribution in [0.4, 0.5) is 5.69 Å². The van der Waals surface area contributed by atoms with E-state index in [-0.39, 0.29) is 6.54 Å². The Kier molecular flexibility index (Phi) is 4.39. The van der Waals surface area contributed by atoms with Gasteiger partial charge in [-0.05, 0) is 14.0 Å². The molecule has 0 aliphatic carbocycles. The number of hydrogen-bond acceptors (Lipinski definition) is 8. The molecule has 0 atom stereocenters. The van der Waals surface area contributed by atoms with E-state index in [1.807, 2.05) is 18.9 Å². The average molecular weight is 333 g/mol. The Labute approximate surface area is 139 Å². The van der Waals surface area contributed by atoms with E-state index in [1.54, 1.807) is 23.4 Å². The molecular weight excluding hydrogens is 314 g/mol. The van der Waals surface area contributed by atoms with Gasteiger partial charge in [-0.3, -0.25) is 14.8 Å². The van der Waals surface area contributed by atoms with Gasteiger partial charge >= 0.3 is 17.8 Å². The number of aromatic nitrogens is 1. The Bertz CT molecular complexity index is 655. The Balaban J connectivity index is 1.99. The summed E-state index contributed by atoms with van der Waals surface area (Å²) in [5.41, 5.74) is 0.650. The predicted octanol–water partition coefficient (Wildman–Crippen LogP) is 0.542. The lowest BCUT2D eigenvalue weighted by Crippen LogP contribution is -2.65. The highest BCUT2D eigenvalue weighted by Gasteiger charge is 2.49. The minimum absolute atomic E-state index is 0.227. The molecule has 0 bridgehead atoms. The Morgan fingerprint density at radius 2 is 1.92 bits per heavy atom. The highest BCUT2D eigenvalue weighted by molar-refractivity contribution is 5.93. The summed E-state index contributed by atoms with van der Waals surface area (Å²) in [6.07, 6.45) is 5.36. The zero-order chi connectivity index (χ0) is 17.2. The Morgan fingerprint density at radius 1 is 1.21 bits per heavy atom. The summed E-state index contributed by atoms with van der Waals surface area (Å²) >= 11 is 0. The molecule has 3 rings (SSSR count). The minimum atomic E-state index is -1.53. The lowest BCUT2D eigenvalue weighted by Gasteiger charge is -2.47. The van der Waals surface area contributed by atoms with Crippen LogP contribution in [-0.4, -0.2) is 61.0 Å². The third-order valence-electron chi connectivity index (χ3n) is 3.78. The lowest BCUT2D eigenvalue weighted by atomic mass is 10.2. The molecule has 0 radical (unpaired) electrons. The first kappa shape index (κ1) is 16.3. The quantitative estimate of drug-likeness (QED) is 0.742. The van der Waals surface area contributed by atoms with Crippen molar-refractivity contribution in [3.63, 3.8) is 0 Å². The number of ether oxygens (including phenoxy) is 3. The third-order valence-corrected chi connectivity index (χ3v) is 3.78. The third kappa shape index (κ3) is 3.18. The molecule has 1 saturated heterocycles. The van der Waals surface area contributed by atoms with Crippen molar-refractivity contribution in [3.8, 4) is 5.75 Å². The molecule has 0 amide bonds. The van der Waals surface area contributed by atoms with Crippen molar-refractivity contribution in [2.45, 2.75) is 12.8 Å². The number of esters is 2. The first-order valence-corrected chi connectivity index (χ1v) is 7.70. The van der Waals surface area contributed by atoms with Gasteiger partial charge in [0.15, 0.2) is 0 Å². The predicted molar refractivity (Wildman–Crippen MR) is 84.3 cm³/mol. The smallest absolute Gasteiger partial charge is 0.356 e. The maximum atomic E-state index is 11.9. The second kappa shape index (κ2) is 6.48. The molecule has 128 valence electrons. The minimum Gasteiger partial charge on any atom is -0.492 e. The van der Waals surface area contributed by atoms with Crippen LogP contribution in [0.5, 0.6) is 5.75 Å². The average Bonchev–Trinajstić information content (AvgIpc) is 2.66. The van der Waals surface area contributed by atoms with Crippen LogP contribution in [0.2, 0.25) is 0 Å². The first-order valence-electron chi connectivity index (χ1n) is 7.70. The number of carbonyl (C=O) groups is 2. The summed E-state index contributed by atoms with van der Waals surface area (Å²) in [5, 5.41) is 0. The van der Waals surface area contributed by atoms with Crippen molar-refractivity contribution < 1.29 is 23.8 Å². The molecule has 1 aromatic heterocycles. The standard InChI is InChI=1S/C16H19N3O5/c1-3-22-13-8-12(9-17-10-13)19-7-6-18(2)11-16(19)23-14(20)4-5-15(21)24-16/h4-5,8-10H,3,6-7,11H2,1-2H3. The van der Waals surface area contributed by atoms with Crippen molar-refractivity contribution in [3.05, 3.63) is 30.6 Å². The number of anilines is 1. The lowest BCUT2D eigenvalue weighted by molar-refractivity contribution is -0.230. The van der Waals surface area contributed by atoms with Crippen LogP contribution in [0.15, 0.2) is 30.6 Å². The van der Waals surface area contributed by atoms with Gasteiger partial charge in [0.2, 0.25) is 0 Å². The van der Waals surface area contributed by atoms with E-state index in [0.717, 1.165) is 12.2 Å². The molecule has 2 aliphatic rings.